The third-order valence-electron chi connectivity index (χ3n) is 2.01. The van der Waals surface area contributed by atoms with Crippen molar-refractivity contribution in [3.05, 3.63) is 0 Å². The van der Waals surface area contributed by atoms with Crippen LogP contribution in [0.2, 0.25) is 0 Å². The van der Waals surface area contributed by atoms with Crippen molar-refractivity contribution in [1.82, 2.24) is 5.32 Å². The molecule has 0 aromatic heterocycles. The summed E-state index contributed by atoms with van der Waals surface area (Å²) in [7, 11) is 0. The van der Waals surface area contributed by atoms with Crippen molar-refractivity contribution >= 4 is 5.97 Å². The van der Waals surface area contributed by atoms with Gasteiger partial charge in [-0.3, -0.25) is 4.79 Å². The van der Waals surface area contributed by atoms with Gasteiger partial charge >= 0.3 is 5.97 Å². The molecule has 0 N–H and O–H groups in total. The van der Waals surface area contributed by atoms with Gasteiger partial charge in [0.1, 0.15) is 5.60 Å². The third-order valence-corrected chi connectivity index (χ3v) is 2.01. The molecule has 3 heteroatoms. The van der Waals surface area contributed by atoms with Crippen LogP contribution in [0.4, 0.5) is 0 Å². The smallest absolute Gasteiger partial charge is 0.309 e. The fourth-order valence-electron chi connectivity index (χ4n) is 1.37. The second-order valence-electron chi connectivity index (χ2n) is 4.48. The van der Waals surface area contributed by atoms with E-state index < -0.39 is 0 Å². The number of rotatable bonds is 1. The highest BCUT2D eigenvalue weighted by Crippen LogP contribution is 2.18. The van der Waals surface area contributed by atoms with Gasteiger partial charge in [-0.15, -0.1) is 0 Å². The van der Waals surface area contributed by atoms with E-state index >= 15 is 0 Å². The predicted molar refractivity (Wildman–Crippen MR) is 50.4 cm³/mol. The van der Waals surface area contributed by atoms with Crippen molar-refractivity contribution in [2.75, 3.05) is 13.1 Å². The number of nitrogens with zero attached hydrogens (tertiary/aromatic N) is 1. The molecule has 0 unspecified atom stereocenters. The normalized spacial score (nSPS) is 19.9. The number of piperidine rings is 1. The zero-order valence-electron chi connectivity index (χ0n) is 8.67. The van der Waals surface area contributed by atoms with E-state index in [9.17, 15) is 4.79 Å². The van der Waals surface area contributed by atoms with Crippen LogP contribution in [-0.2, 0) is 9.53 Å². The first kappa shape index (κ1) is 10.5. The molecule has 75 valence electrons. The van der Waals surface area contributed by atoms with Crippen LogP contribution in [0.3, 0.4) is 0 Å². The topological polar surface area (TPSA) is 40.4 Å². The van der Waals surface area contributed by atoms with Crippen LogP contribution in [0.5, 0.6) is 0 Å². The van der Waals surface area contributed by atoms with E-state index in [4.69, 9.17) is 4.74 Å². The number of ether oxygens (including phenoxy) is 1. The summed E-state index contributed by atoms with van der Waals surface area (Å²) in [5, 5.41) is 4.20. The van der Waals surface area contributed by atoms with Crippen molar-refractivity contribution in [2.45, 2.75) is 39.2 Å². The van der Waals surface area contributed by atoms with E-state index in [0.717, 1.165) is 25.9 Å². The van der Waals surface area contributed by atoms with Crippen molar-refractivity contribution < 1.29 is 9.53 Å². The molecule has 0 spiro atoms. The molecular weight excluding hydrogens is 166 g/mol. The fraction of sp³-hybridized carbons (Fsp3) is 0.900. The van der Waals surface area contributed by atoms with E-state index in [2.05, 4.69) is 5.32 Å². The Morgan fingerprint density at radius 2 is 1.85 bits per heavy atom. The second-order valence-corrected chi connectivity index (χ2v) is 4.48. The minimum absolute atomic E-state index is 0.0533. The minimum atomic E-state index is -0.355. The molecule has 0 aromatic carbocycles. The molecule has 1 aliphatic rings. The van der Waals surface area contributed by atoms with Crippen LogP contribution in [0, 0.1) is 5.92 Å². The molecule has 0 atom stereocenters. The van der Waals surface area contributed by atoms with Gasteiger partial charge in [0.05, 0.1) is 5.92 Å². The van der Waals surface area contributed by atoms with E-state index in [1.165, 1.54) is 0 Å². The number of esters is 1. The SMILES string of the molecule is CC(C)(C)OC(=O)C1CC[N]CC1. The highest BCUT2D eigenvalue weighted by atomic mass is 16.6. The Morgan fingerprint density at radius 3 is 2.31 bits per heavy atom. The Hall–Kier alpha value is -0.570. The lowest BCUT2D eigenvalue weighted by molar-refractivity contribution is -0.160. The van der Waals surface area contributed by atoms with Gasteiger partial charge in [0.2, 0.25) is 0 Å². The number of hydrogen-bond acceptors (Lipinski definition) is 2. The molecule has 1 fully saturated rings. The minimum Gasteiger partial charge on any atom is -0.460 e. The standard InChI is InChI=1S/C10H18NO2/c1-10(2,3)13-9(12)8-4-6-11-7-5-8/h8H,4-7H2,1-3H3. The van der Waals surface area contributed by atoms with Gasteiger partial charge in [-0.2, -0.15) is 0 Å². The van der Waals surface area contributed by atoms with E-state index in [0.29, 0.717) is 0 Å². The zero-order valence-corrected chi connectivity index (χ0v) is 8.67. The molecule has 0 saturated carbocycles. The first-order valence-corrected chi connectivity index (χ1v) is 4.85. The van der Waals surface area contributed by atoms with Crippen LogP contribution < -0.4 is 5.32 Å². The molecule has 1 rings (SSSR count). The van der Waals surface area contributed by atoms with Crippen molar-refractivity contribution in [2.24, 2.45) is 5.92 Å². The molecule has 0 amide bonds. The van der Waals surface area contributed by atoms with Crippen molar-refractivity contribution in [3.8, 4) is 0 Å². The van der Waals surface area contributed by atoms with Gasteiger partial charge in [0.25, 0.3) is 0 Å². The molecule has 0 aliphatic carbocycles. The number of carbonyl (C=O) groups excluding carboxylic acids is 1. The Bertz CT molecular complexity index is 178. The lowest BCUT2D eigenvalue weighted by Gasteiger charge is -2.25. The van der Waals surface area contributed by atoms with Crippen LogP contribution in [0.15, 0.2) is 0 Å². The van der Waals surface area contributed by atoms with Crippen LogP contribution >= 0.6 is 0 Å². The summed E-state index contributed by atoms with van der Waals surface area (Å²) in [6.07, 6.45) is 1.71. The van der Waals surface area contributed by atoms with Gasteiger partial charge in [0.15, 0.2) is 0 Å². The summed E-state index contributed by atoms with van der Waals surface area (Å²) in [4.78, 5) is 11.5. The first-order chi connectivity index (χ1) is 5.99. The maximum atomic E-state index is 11.5. The third kappa shape index (κ3) is 3.77. The van der Waals surface area contributed by atoms with Crippen molar-refractivity contribution in [1.29, 1.82) is 0 Å². The maximum Gasteiger partial charge on any atom is 0.309 e. The molecule has 0 bridgehead atoms. The molecule has 1 heterocycles. The first-order valence-electron chi connectivity index (χ1n) is 4.85. The predicted octanol–water partition coefficient (Wildman–Crippen LogP) is 1.34. The van der Waals surface area contributed by atoms with E-state index in [1.54, 1.807) is 0 Å². The Morgan fingerprint density at radius 1 is 1.31 bits per heavy atom. The Balaban J connectivity index is 2.38. The number of carbonyl (C=O) groups is 1. The van der Waals surface area contributed by atoms with Gasteiger partial charge in [-0.05, 0) is 33.6 Å². The zero-order chi connectivity index (χ0) is 9.90. The average molecular weight is 184 g/mol. The Kier molecular flexibility index (Phi) is 3.31. The molecule has 3 nitrogen and oxygen atoms in total. The molecule has 1 radical (unpaired) electrons. The highest BCUT2D eigenvalue weighted by molar-refractivity contribution is 5.73. The lowest BCUT2D eigenvalue weighted by atomic mass is 9.98. The van der Waals surface area contributed by atoms with Gasteiger partial charge in [-0.25, -0.2) is 5.32 Å². The second kappa shape index (κ2) is 4.09. The van der Waals surface area contributed by atoms with Gasteiger partial charge in [-0.1, -0.05) is 0 Å². The summed E-state index contributed by atoms with van der Waals surface area (Å²) in [5.41, 5.74) is -0.355. The summed E-state index contributed by atoms with van der Waals surface area (Å²) >= 11 is 0. The summed E-state index contributed by atoms with van der Waals surface area (Å²) in [5.74, 6) is 0.0270. The monoisotopic (exact) mass is 184 g/mol. The van der Waals surface area contributed by atoms with Crippen LogP contribution in [-0.4, -0.2) is 24.7 Å². The lowest BCUT2D eigenvalue weighted by Crippen LogP contribution is -2.33. The van der Waals surface area contributed by atoms with Gasteiger partial charge in [0, 0.05) is 13.1 Å². The summed E-state index contributed by atoms with van der Waals surface area (Å²) in [6, 6.07) is 0. The maximum absolute atomic E-state index is 11.5. The van der Waals surface area contributed by atoms with Crippen molar-refractivity contribution in [3.63, 3.8) is 0 Å². The Labute approximate surface area is 79.8 Å². The summed E-state index contributed by atoms with van der Waals surface area (Å²) < 4.78 is 5.30. The largest absolute Gasteiger partial charge is 0.460 e. The van der Waals surface area contributed by atoms with E-state index in [1.807, 2.05) is 20.8 Å². The molecule has 1 aliphatic heterocycles. The summed E-state index contributed by atoms with van der Waals surface area (Å²) in [6.45, 7) is 7.32. The van der Waals surface area contributed by atoms with Crippen LogP contribution in [0.1, 0.15) is 33.6 Å². The quantitative estimate of drug-likeness (QED) is 0.577. The van der Waals surface area contributed by atoms with Gasteiger partial charge < -0.3 is 4.74 Å². The fourth-order valence-corrected chi connectivity index (χ4v) is 1.37. The molecule has 0 aromatic rings. The van der Waals surface area contributed by atoms with E-state index in [-0.39, 0.29) is 17.5 Å². The average Bonchev–Trinajstić information content (AvgIpc) is 2.03. The van der Waals surface area contributed by atoms with Crippen LogP contribution in [0.25, 0.3) is 0 Å². The molecular formula is C10H18NO2. The number of hydrogen-bond donors (Lipinski definition) is 0. The highest BCUT2D eigenvalue weighted by Gasteiger charge is 2.26. The molecule has 13 heavy (non-hydrogen) atoms. The molecule has 1 saturated heterocycles.